The van der Waals surface area contributed by atoms with Crippen molar-refractivity contribution >= 4 is 51.0 Å². The van der Waals surface area contributed by atoms with E-state index in [0.29, 0.717) is 6.54 Å². The molecule has 0 spiro atoms. The van der Waals surface area contributed by atoms with Gasteiger partial charge in [0.05, 0.1) is 34.6 Å². The molecule has 0 atom stereocenters. The molecule has 0 radical (unpaired) electrons. The Labute approximate surface area is 279 Å². The molecule has 228 valence electrons. The van der Waals surface area contributed by atoms with Crippen LogP contribution in [0.2, 0.25) is 0 Å². The molecule has 0 amide bonds. The van der Waals surface area contributed by atoms with Crippen LogP contribution >= 0.6 is 0 Å². The predicted molar refractivity (Wildman–Crippen MR) is 201 cm³/mol. The topological polar surface area (TPSA) is 50.8 Å². The molecule has 4 nitrogen and oxygen atoms in total. The van der Waals surface area contributed by atoms with E-state index in [9.17, 15) is 0 Å². The van der Waals surface area contributed by atoms with Gasteiger partial charge in [0.2, 0.25) is 0 Å². The quantitative estimate of drug-likeness (QED) is 0.159. The lowest BCUT2D eigenvalue weighted by Crippen LogP contribution is -2.00. The number of para-hydroxylation sites is 2. The van der Waals surface area contributed by atoms with E-state index in [1.54, 1.807) is 0 Å². The van der Waals surface area contributed by atoms with Gasteiger partial charge in [-0.3, -0.25) is 9.98 Å². The molecule has 0 N–H and O–H groups in total. The van der Waals surface area contributed by atoms with E-state index < -0.39 is 0 Å². The summed E-state index contributed by atoms with van der Waals surface area (Å²) in [4.78, 5) is 14.7. The largest absolute Gasteiger partial charge is 0.455 e. The maximum atomic E-state index is 6.42. The highest BCUT2D eigenvalue weighted by molar-refractivity contribution is 6.19. The van der Waals surface area contributed by atoms with Gasteiger partial charge < -0.3 is 4.42 Å². The molecule has 0 aliphatic heterocycles. The van der Waals surface area contributed by atoms with Crippen molar-refractivity contribution < 1.29 is 4.42 Å². The minimum Gasteiger partial charge on any atom is -0.455 e. The molecule has 0 unspecified atom stereocenters. The lowest BCUT2D eigenvalue weighted by Gasteiger charge is -2.09. The zero-order valence-electron chi connectivity index (χ0n) is 26.3. The fraction of sp³-hybridized carbons (Fsp3) is 0.0227. The lowest BCUT2D eigenvalue weighted by molar-refractivity contribution is 0.672. The average molecular weight is 618 g/mol. The summed E-state index contributed by atoms with van der Waals surface area (Å²) in [6, 6.07) is 53.8. The van der Waals surface area contributed by atoms with Crippen LogP contribution in [0.3, 0.4) is 0 Å². The molecule has 0 saturated carbocycles. The molecule has 0 bridgehead atoms. The van der Waals surface area contributed by atoms with Gasteiger partial charge in [-0.15, -0.1) is 0 Å². The third-order valence-electron chi connectivity index (χ3n) is 8.65. The van der Waals surface area contributed by atoms with Gasteiger partial charge in [-0.1, -0.05) is 133 Å². The summed E-state index contributed by atoms with van der Waals surface area (Å²) in [5.74, 6) is 0. The van der Waals surface area contributed by atoms with Gasteiger partial charge in [-0.25, -0.2) is 4.98 Å². The fourth-order valence-corrected chi connectivity index (χ4v) is 6.26. The zero-order chi connectivity index (χ0) is 32.3. The Balaban J connectivity index is 1.18. The van der Waals surface area contributed by atoms with Crippen LogP contribution in [0.4, 0.5) is 0 Å². The van der Waals surface area contributed by atoms with Crippen molar-refractivity contribution in [3.05, 3.63) is 180 Å². The van der Waals surface area contributed by atoms with Crippen molar-refractivity contribution in [2.45, 2.75) is 6.54 Å². The first-order valence-corrected chi connectivity index (χ1v) is 16.0. The highest BCUT2D eigenvalue weighted by Gasteiger charge is 2.17. The Morgan fingerprint density at radius 3 is 2.08 bits per heavy atom. The Morgan fingerprint density at radius 2 is 1.29 bits per heavy atom. The molecule has 48 heavy (non-hydrogen) atoms. The number of aromatic nitrogens is 1. The highest BCUT2D eigenvalue weighted by Crippen LogP contribution is 2.39. The van der Waals surface area contributed by atoms with Gasteiger partial charge >= 0.3 is 0 Å². The van der Waals surface area contributed by atoms with Gasteiger partial charge in [0.1, 0.15) is 11.2 Å². The van der Waals surface area contributed by atoms with Crippen molar-refractivity contribution in [3.8, 4) is 22.4 Å². The van der Waals surface area contributed by atoms with Crippen LogP contribution in [0.25, 0.3) is 60.9 Å². The molecule has 4 heteroatoms. The molecule has 6 aromatic carbocycles. The van der Waals surface area contributed by atoms with Crippen LogP contribution in [0, 0.1) is 0 Å². The molecule has 2 heterocycles. The van der Waals surface area contributed by atoms with Crippen LogP contribution in [-0.2, 0) is 6.54 Å². The number of fused-ring (bicyclic) bond motifs is 5. The summed E-state index contributed by atoms with van der Waals surface area (Å²) in [7, 11) is 0. The maximum absolute atomic E-state index is 6.42. The Bertz CT molecular complexity index is 2470. The summed E-state index contributed by atoms with van der Waals surface area (Å²) in [5, 5.41) is 3.09. The zero-order valence-corrected chi connectivity index (χ0v) is 26.3. The van der Waals surface area contributed by atoms with Crippen LogP contribution in [0.1, 0.15) is 16.7 Å². The number of hydrogen-bond donors (Lipinski definition) is 0. The summed E-state index contributed by atoms with van der Waals surface area (Å²) in [5.41, 5.74) is 11.5. The van der Waals surface area contributed by atoms with E-state index in [1.165, 1.54) is 5.56 Å². The number of rotatable bonds is 8. The second kappa shape index (κ2) is 12.8. The van der Waals surface area contributed by atoms with Crippen molar-refractivity contribution in [3.63, 3.8) is 0 Å². The number of furan rings is 1. The standard InChI is InChI=1S/C44H31N3O/c1-45-39(34-25-23-32(24-26-34)31-14-4-2-5-15-31)28-40(33-16-6-3-7-17-33)46-29-30-13-12-18-35(27-30)43-42-37-20-9-11-22-41(37)48-44(42)36-19-8-10-21-38(36)47-43/h2-28H,1,29H2/b39-28-,46-40+. The molecular formula is C44H31N3O. The Hall–Kier alpha value is -6.39. The van der Waals surface area contributed by atoms with Crippen LogP contribution in [0.5, 0.6) is 0 Å². The number of pyridine rings is 1. The molecular weight excluding hydrogens is 587 g/mol. The molecule has 0 saturated heterocycles. The normalized spacial score (nSPS) is 12.2. The van der Waals surface area contributed by atoms with Gasteiger partial charge in [-0.05, 0) is 59.3 Å². The summed E-state index contributed by atoms with van der Waals surface area (Å²) in [6.45, 7) is 4.38. The van der Waals surface area contributed by atoms with Crippen molar-refractivity contribution in [2.24, 2.45) is 9.98 Å². The number of aliphatic imine (C=N–C) groups is 2. The Morgan fingerprint density at radius 1 is 0.625 bits per heavy atom. The van der Waals surface area contributed by atoms with Crippen molar-refractivity contribution in [2.75, 3.05) is 0 Å². The third kappa shape index (κ3) is 5.61. The number of nitrogens with zero attached hydrogens (tertiary/aromatic N) is 3. The van der Waals surface area contributed by atoms with E-state index >= 15 is 0 Å². The number of hydrogen-bond acceptors (Lipinski definition) is 4. The van der Waals surface area contributed by atoms with Crippen molar-refractivity contribution in [1.29, 1.82) is 0 Å². The van der Waals surface area contributed by atoms with Crippen LogP contribution in [-0.4, -0.2) is 17.4 Å². The van der Waals surface area contributed by atoms with Gasteiger partial charge in [-0.2, -0.15) is 0 Å². The van der Waals surface area contributed by atoms with Crippen molar-refractivity contribution in [1.82, 2.24) is 4.98 Å². The summed E-state index contributed by atoms with van der Waals surface area (Å²) < 4.78 is 6.42. The Kier molecular flexibility index (Phi) is 7.73. The van der Waals surface area contributed by atoms with Crippen LogP contribution in [0.15, 0.2) is 178 Å². The summed E-state index contributed by atoms with van der Waals surface area (Å²) in [6.07, 6.45) is 2.02. The average Bonchev–Trinajstić information content (AvgIpc) is 3.56. The van der Waals surface area contributed by atoms with E-state index in [4.69, 9.17) is 14.4 Å². The smallest absolute Gasteiger partial charge is 0.147 e. The lowest BCUT2D eigenvalue weighted by atomic mass is 10.0. The van der Waals surface area contributed by atoms with Gasteiger partial charge in [0.15, 0.2) is 0 Å². The molecule has 8 aromatic rings. The van der Waals surface area contributed by atoms with E-state index in [2.05, 4.69) is 109 Å². The highest BCUT2D eigenvalue weighted by atomic mass is 16.3. The second-order valence-electron chi connectivity index (χ2n) is 11.7. The monoisotopic (exact) mass is 617 g/mol. The molecule has 0 aliphatic rings. The molecule has 0 fully saturated rings. The number of benzene rings is 6. The minimum atomic E-state index is 0.481. The minimum absolute atomic E-state index is 0.481. The second-order valence-corrected chi connectivity index (χ2v) is 11.7. The van der Waals surface area contributed by atoms with E-state index in [-0.39, 0.29) is 0 Å². The predicted octanol–water partition coefficient (Wildman–Crippen LogP) is 11.2. The van der Waals surface area contributed by atoms with Crippen LogP contribution < -0.4 is 0 Å². The SMILES string of the molecule is C=N/C(=C\C(=N/Cc1cccc(-c2nc3ccccc3c3oc4ccccc4c23)c1)c1ccccc1)c1ccc(-c2ccccc2)cc1. The van der Waals surface area contributed by atoms with Gasteiger partial charge in [0, 0.05) is 21.9 Å². The number of allylic oxidation sites excluding steroid dienone is 1. The first kappa shape index (κ1) is 29.0. The fourth-order valence-electron chi connectivity index (χ4n) is 6.26. The first-order valence-electron chi connectivity index (χ1n) is 16.0. The molecule has 2 aromatic heterocycles. The van der Waals surface area contributed by atoms with E-state index in [0.717, 1.165) is 77.8 Å². The first-order chi connectivity index (χ1) is 23.7. The maximum Gasteiger partial charge on any atom is 0.147 e. The third-order valence-corrected chi connectivity index (χ3v) is 8.65. The molecule has 8 rings (SSSR count). The summed E-state index contributed by atoms with van der Waals surface area (Å²) >= 11 is 0. The van der Waals surface area contributed by atoms with Gasteiger partial charge in [0.25, 0.3) is 0 Å². The van der Waals surface area contributed by atoms with E-state index in [1.807, 2.05) is 66.7 Å². The molecule has 0 aliphatic carbocycles.